The van der Waals surface area contributed by atoms with Crippen molar-refractivity contribution >= 4 is 14.3 Å². The van der Waals surface area contributed by atoms with Crippen LogP contribution in [0.2, 0.25) is 19.6 Å². The number of hydrogen-bond acceptors (Lipinski definition) is 7. The first kappa shape index (κ1) is 27.4. The predicted molar refractivity (Wildman–Crippen MR) is 134 cm³/mol. The second kappa shape index (κ2) is 12.6. The van der Waals surface area contributed by atoms with Gasteiger partial charge in [-0.05, 0) is 62.0 Å². The molecule has 184 valence electrons. The van der Waals surface area contributed by atoms with Gasteiger partial charge in [0.2, 0.25) is 0 Å². The van der Waals surface area contributed by atoms with Gasteiger partial charge in [-0.3, -0.25) is 9.69 Å². The molecule has 2 aromatic rings. The molecule has 0 aromatic heterocycles. The highest BCUT2D eigenvalue weighted by Gasteiger charge is 2.40. The number of carbonyl (C=O) groups excluding carboxylic acids is 1. The van der Waals surface area contributed by atoms with E-state index in [9.17, 15) is 10.1 Å². The standard InChI is InChI=1S/C26H36N2O5Si/c1-7-32-25(29)16-26(19-27,33-34(4,5)6)20-28(17-21-8-12-23(30-2)13-9-21)18-22-10-14-24(31-3)15-11-22/h8-15H,7,16-18,20H2,1-6H3. The van der Waals surface area contributed by atoms with Gasteiger partial charge in [-0.2, -0.15) is 5.26 Å². The maximum atomic E-state index is 12.5. The van der Waals surface area contributed by atoms with Gasteiger partial charge in [0.05, 0.1) is 33.3 Å². The van der Waals surface area contributed by atoms with Gasteiger partial charge in [0, 0.05) is 19.6 Å². The normalized spacial score (nSPS) is 13.1. The Balaban J connectivity index is 2.38. The van der Waals surface area contributed by atoms with Gasteiger partial charge in [0.1, 0.15) is 11.5 Å². The molecule has 0 radical (unpaired) electrons. The Labute approximate surface area is 204 Å². The lowest BCUT2D eigenvalue weighted by Gasteiger charge is -2.37. The van der Waals surface area contributed by atoms with Crippen LogP contribution in [0.3, 0.4) is 0 Å². The Morgan fingerprint density at radius 3 is 1.76 bits per heavy atom. The van der Waals surface area contributed by atoms with Crippen LogP contribution in [0.25, 0.3) is 0 Å². The number of carbonyl (C=O) groups is 1. The fourth-order valence-corrected chi connectivity index (χ4v) is 5.12. The Kier molecular flexibility index (Phi) is 10.1. The zero-order valence-electron chi connectivity index (χ0n) is 21.1. The lowest BCUT2D eigenvalue weighted by molar-refractivity contribution is -0.147. The van der Waals surface area contributed by atoms with Crippen molar-refractivity contribution in [2.45, 2.75) is 51.7 Å². The smallest absolute Gasteiger partial charge is 0.309 e. The summed E-state index contributed by atoms with van der Waals surface area (Å²) >= 11 is 0. The van der Waals surface area contributed by atoms with E-state index in [1.807, 2.05) is 68.2 Å². The van der Waals surface area contributed by atoms with Gasteiger partial charge >= 0.3 is 5.97 Å². The molecule has 1 unspecified atom stereocenters. The zero-order chi connectivity index (χ0) is 25.2. The molecule has 2 rings (SSSR count). The maximum Gasteiger partial charge on any atom is 0.309 e. The molecule has 0 bridgehead atoms. The minimum absolute atomic E-state index is 0.122. The van der Waals surface area contributed by atoms with Crippen molar-refractivity contribution in [2.75, 3.05) is 27.4 Å². The molecule has 8 heteroatoms. The molecule has 0 aliphatic rings. The number of hydrogen-bond donors (Lipinski definition) is 0. The molecular weight excluding hydrogens is 448 g/mol. The Bertz CT molecular complexity index is 902. The van der Waals surface area contributed by atoms with E-state index >= 15 is 0 Å². The first-order chi connectivity index (χ1) is 16.1. The van der Waals surface area contributed by atoms with Crippen LogP contribution in [0.1, 0.15) is 24.5 Å². The first-order valence-corrected chi connectivity index (χ1v) is 14.8. The average molecular weight is 485 g/mol. The lowest BCUT2D eigenvalue weighted by Crippen LogP contribution is -2.50. The molecule has 0 spiro atoms. The van der Waals surface area contributed by atoms with Crippen molar-refractivity contribution in [3.05, 3.63) is 59.7 Å². The van der Waals surface area contributed by atoms with E-state index in [0.29, 0.717) is 13.1 Å². The van der Waals surface area contributed by atoms with Crippen molar-refractivity contribution in [3.63, 3.8) is 0 Å². The summed E-state index contributed by atoms with van der Waals surface area (Å²) in [5.41, 5.74) is 0.811. The quantitative estimate of drug-likeness (QED) is 0.299. The largest absolute Gasteiger partial charge is 0.497 e. The Morgan fingerprint density at radius 1 is 0.941 bits per heavy atom. The Morgan fingerprint density at radius 2 is 1.41 bits per heavy atom. The van der Waals surface area contributed by atoms with Crippen LogP contribution in [0.5, 0.6) is 11.5 Å². The van der Waals surface area contributed by atoms with Crippen molar-refractivity contribution < 1.29 is 23.4 Å². The summed E-state index contributed by atoms with van der Waals surface area (Å²) in [5.74, 6) is 1.12. The van der Waals surface area contributed by atoms with E-state index in [1.54, 1.807) is 21.1 Å². The summed E-state index contributed by atoms with van der Waals surface area (Å²) < 4.78 is 22.1. The highest BCUT2D eigenvalue weighted by Crippen LogP contribution is 2.26. The van der Waals surface area contributed by atoms with Gasteiger partial charge in [0.25, 0.3) is 0 Å². The molecule has 7 nitrogen and oxygen atoms in total. The van der Waals surface area contributed by atoms with Crippen molar-refractivity contribution in [1.82, 2.24) is 4.90 Å². The minimum atomic E-state index is -2.17. The molecule has 0 saturated carbocycles. The van der Waals surface area contributed by atoms with E-state index in [-0.39, 0.29) is 19.6 Å². The van der Waals surface area contributed by atoms with Gasteiger partial charge in [0.15, 0.2) is 13.9 Å². The Hall–Kier alpha value is -2.86. The second-order valence-electron chi connectivity index (χ2n) is 9.14. The van der Waals surface area contributed by atoms with Crippen LogP contribution in [0.15, 0.2) is 48.5 Å². The summed E-state index contributed by atoms with van der Waals surface area (Å²) in [7, 11) is 1.10. The fourth-order valence-electron chi connectivity index (χ4n) is 3.76. The molecule has 0 fully saturated rings. The highest BCUT2D eigenvalue weighted by atomic mass is 28.4. The van der Waals surface area contributed by atoms with E-state index in [0.717, 1.165) is 22.6 Å². The summed E-state index contributed by atoms with van der Waals surface area (Å²) in [4.78, 5) is 14.6. The summed E-state index contributed by atoms with van der Waals surface area (Å²) in [6.07, 6.45) is -0.122. The third-order valence-electron chi connectivity index (χ3n) is 5.05. The topological polar surface area (TPSA) is 81.0 Å². The van der Waals surface area contributed by atoms with Crippen molar-refractivity contribution in [2.24, 2.45) is 0 Å². The molecule has 0 saturated heterocycles. The summed E-state index contributed by atoms with van der Waals surface area (Å²) in [6, 6.07) is 18.0. The number of nitrogens with zero attached hydrogens (tertiary/aromatic N) is 2. The van der Waals surface area contributed by atoms with Crippen molar-refractivity contribution in [3.8, 4) is 17.6 Å². The number of rotatable bonds is 13. The zero-order valence-corrected chi connectivity index (χ0v) is 22.1. The van der Waals surface area contributed by atoms with E-state index in [2.05, 4.69) is 11.0 Å². The van der Waals surface area contributed by atoms with Gasteiger partial charge in [-0.25, -0.2) is 0 Å². The number of esters is 1. The second-order valence-corrected chi connectivity index (χ2v) is 13.6. The SMILES string of the molecule is CCOC(=O)CC(C#N)(CN(Cc1ccc(OC)cc1)Cc1ccc(OC)cc1)O[Si](C)(C)C. The molecule has 0 amide bonds. The van der Waals surface area contributed by atoms with E-state index in [1.165, 1.54) is 0 Å². The van der Waals surface area contributed by atoms with Gasteiger partial charge in [-0.1, -0.05) is 24.3 Å². The number of ether oxygens (including phenoxy) is 3. The average Bonchev–Trinajstić information content (AvgIpc) is 2.79. The number of methoxy groups -OCH3 is 2. The minimum Gasteiger partial charge on any atom is -0.497 e. The third-order valence-corrected chi connectivity index (χ3v) is 6.05. The monoisotopic (exact) mass is 484 g/mol. The fraction of sp³-hybridized carbons (Fsp3) is 0.462. The molecule has 0 aliphatic heterocycles. The van der Waals surface area contributed by atoms with Crippen LogP contribution in [0, 0.1) is 11.3 Å². The molecule has 0 aliphatic carbocycles. The summed E-state index contributed by atoms with van der Waals surface area (Å²) in [6.45, 7) is 9.45. The number of nitriles is 1. The van der Waals surface area contributed by atoms with Gasteiger partial charge in [-0.15, -0.1) is 0 Å². The number of benzene rings is 2. The lowest BCUT2D eigenvalue weighted by atomic mass is 10.00. The molecule has 0 N–H and O–H groups in total. The van der Waals surface area contributed by atoms with Crippen molar-refractivity contribution in [1.29, 1.82) is 5.26 Å². The molecular formula is C26H36N2O5Si. The molecule has 34 heavy (non-hydrogen) atoms. The molecule has 1 atom stereocenters. The van der Waals surface area contributed by atoms with Crippen LogP contribution in [0.4, 0.5) is 0 Å². The third kappa shape index (κ3) is 8.82. The predicted octanol–water partition coefficient (Wildman–Crippen LogP) is 4.77. The van der Waals surface area contributed by atoms with E-state index in [4.69, 9.17) is 18.6 Å². The van der Waals surface area contributed by atoms with E-state index < -0.39 is 19.9 Å². The van der Waals surface area contributed by atoms with Crippen LogP contribution >= 0.6 is 0 Å². The van der Waals surface area contributed by atoms with Gasteiger partial charge < -0.3 is 18.6 Å². The first-order valence-electron chi connectivity index (χ1n) is 11.4. The highest BCUT2D eigenvalue weighted by molar-refractivity contribution is 6.69. The van der Waals surface area contributed by atoms with Crippen LogP contribution < -0.4 is 9.47 Å². The van der Waals surface area contributed by atoms with Crippen LogP contribution in [-0.2, 0) is 27.0 Å². The molecule has 0 heterocycles. The molecule has 2 aromatic carbocycles. The summed E-state index contributed by atoms with van der Waals surface area (Å²) in [5, 5.41) is 10.3. The maximum absolute atomic E-state index is 12.5. The van der Waals surface area contributed by atoms with Crippen LogP contribution in [-0.4, -0.2) is 52.2 Å².